The van der Waals surface area contributed by atoms with Crippen molar-refractivity contribution in [3.8, 4) is 0 Å². The molecule has 0 bridgehead atoms. The molecule has 86 valence electrons. The first-order valence-corrected chi connectivity index (χ1v) is 6.41. The molecule has 1 aromatic rings. The van der Waals surface area contributed by atoms with Crippen LogP contribution in [0.15, 0.2) is 18.2 Å². The van der Waals surface area contributed by atoms with E-state index in [-0.39, 0.29) is 6.10 Å². The molecule has 3 rings (SSSR count). The van der Waals surface area contributed by atoms with Gasteiger partial charge in [-0.1, -0.05) is 12.1 Å². The fourth-order valence-electron chi connectivity index (χ4n) is 3.04. The second kappa shape index (κ2) is 4.10. The maximum Gasteiger partial charge on any atom is 0.0796 e. The van der Waals surface area contributed by atoms with Gasteiger partial charge < -0.3 is 10.0 Å². The standard InChI is InChI=1S/C14H19NO/c16-14-8-7-11-12(14)5-4-6-13(11)15-9-2-1-3-10-15/h4-6,14,16H,1-3,7-10H2. The SMILES string of the molecule is OC1CCc2c1cccc2N1CCCCC1. The number of hydrogen-bond donors (Lipinski definition) is 1. The molecule has 1 heterocycles. The average Bonchev–Trinajstić information content (AvgIpc) is 2.73. The summed E-state index contributed by atoms with van der Waals surface area (Å²) in [7, 11) is 0. The van der Waals surface area contributed by atoms with E-state index < -0.39 is 0 Å². The minimum Gasteiger partial charge on any atom is -0.388 e. The van der Waals surface area contributed by atoms with Gasteiger partial charge in [0.2, 0.25) is 0 Å². The molecule has 2 aliphatic rings. The van der Waals surface area contributed by atoms with E-state index in [0.717, 1.165) is 12.8 Å². The van der Waals surface area contributed by atoms with Gasteiger partial charge in [0.1, 0.15) is 0 Å². The molecule has 0 saturated carbocycles. The van der Waals surface area contributed by atoms with Crippen molar-refractivity contribution in [3.05, 3.63) is 29.3 Å². The van der Waals surface area contributed by atoms with Crippen molar-refractivity contribution >= 4 is 5.69 Å². The van der Waals surface area contributed by atoms with Gasteiger partial charge in [-0.2, -0.15) is 0 Å². The van der Waals surface area contributed by atoms with Crippen LogP contribution in [0.3, 0.4) is 0 Å². The van der Waals surface area contributed by atoms with Crippen molar-refractivity contribution in [2.45, 2.75) is 38.2 Å². The molecule has 0 amide bonds. The van der Waals surface area contributed by atoms with Gasteiger partial charge in [0.25, 0.3) is 0 Å². The molecule has 1 N–H and O–H groups in total. The molecule has 1 aromatic carbocycles. The van der Waals surface area contributed by atoms with Gasteiger partial charge in [0.05, 0.1) is 6.10 Å². The van der Waals surface area contributed by atoms with Crippen LogP contribution in [0.25, 0.3) is 0 Å². The quantitative estimate of drug-likeness (QED) is 0.781. The highest BCUT2D eigenvalue weighted by Gasteiger charge is 2.24. The van der Waals surface area contributed by atoms with Crippen LogP contribution in [-0.2, 0) is 6.42 Å². The van der Waals surface area contributed by atoms with E-state index in [9.17, 15) is 5.11 Å². The fourth-order valence-corrected chi connectivity index (χ4v) is 3.04. The number of anilines is 1. The van der Waals surface area contributed by atoms with E-state index in [1.807, 2.05) is 0 Å². The third-order valence-electron chi connectivity index (χ3n) is 3.91. The van der Waals surface area contributed by atoms with Crippen LogP contribution in [0.5, 0.6) is 0 Å². The van der Waals surface area contributed by atoms with E-state index >= 15 is 0 Å². The van der Waals surface area contributed by atoms with Crippen LogP contribution in [0.2, 0.25) is 0 Å². The van der Waals surface area contributed by atoms with Gasteiger partial charge in [-0.3, -0.25) is 0 Å². The summed E-state index contributed by atoms with van der Waals surface area (Å²) in [5.41, 5.74) is 3.95. The van der Waals surface area contributed by atoms with Crippen molar-refractivity contribution in [1.82, 2.24) is 0 Å². The largest absolute Gasteiger partial charge is 0.388 e. The van der Waals surface area contributed by atoms with Crippen LogP contribution in [0.1, 0.15) is 42.9 Å². The van der Waals surface area contributed by atoms with Gasteiger partial charge >= 0.3 is 0 Å². The van der Waals surface area contributed by atoms with Crippen molar-refractivity contribution in [3.63, 3.8) is 0 Å². The number of aliphatic hydroxyl groups is 1. The number of benzene rings is 1. The Kier molecular flexibility index (Phi) is 2.60. The highest BCUT2D eigenvalue weighted by molar-refractivity contribution is 5.59. The Labute approximate surface area is 96.9 Å². The lowest BCUT2D eigenvalue weighted by Gasteiger charge is -2.30. The third kappa shape index (κ3) is 1.61. The van der Waals surface area contributed by atoms with Crippen molar-refractivity contribution in [2.24, 2.45) is 0 Å². The van der Waals surface area contributed by atoms with Gasteiger partial charge in [0.15, 0.2) is 0 Å². The third-order valence-corrected chi connectivity index (χ3v) is 3.91. The molecule has 1 atom stereocenters. The second-order valence-electron chi connectivity index (χ2n) is 4.95. The van der Waals surface area contributed by atoms with Crippen LogP contribution < -0.4 is 4.90 Å². The Morgan fingerprint density at radius 2 is 1.94 bits per heavy atom. The molecule has 1 fully saturated rings. The zero-order chi connectivity index (χ0) is 11.0. The van der Waals surface area contributed by atoms with Gasteiger partial charge in [-0.25, -0.2) is 0 Å². The minimum atomic E-state index is -0.222. The lowest BCUT2D eigenvalue weighted by molar-refractivity contribution is 0.180. The number of fused-ring (bicyclic) bond motifs is 1. The van der Waals surface area contributed by atoms with Crippen molar-refractivity contribution in [1.29, 1.82) is 0 Å². The highest BCUT2D eigenvalue weighted by Crippen LogP contribution is 2.37. The van der Waals surface area contributed by atoms with Crippen molar-refractivity contribution in [2.75, 3.05) is 18.0 Å². The van der Waals surface area contributed by atoms with Crippen LogP contribution in [0.4, 0.5) is 5.69 Å². The summed E-state index contributed by atoms with van der Waals surface area (Å²) in [5, 5.41) is 9.89. The van der Waals surface area contributed by atoms with E-state index in [4.69, 9.17) is 0 Å². The minimum absolute atomic E-state index is 0.222. The second-order valence-corrected chi connectivity index (χ2v) is 4.95. The molecule has 1 unspecified atom stereocenters. The Morgan fingerprint density at radius 3 is 2.75 bits per heavy atom. The molecule has 2 heteroatoms. The van der Waals surface area contributed by atoms with Gasteiger partial charge in [-0.05, 0) is 49.3 Å². The Balaban J connectivity index is 1.95. The van der Waals surface area contributed by atoms with E-state index in [1.54, 1.807) is 0 Å². The lowest BCUT2D eigenvalue weighted by atomic mass is 10.0. The van der Waals surface area contributed by atoms with Crippen LogP contribution >= 0.6 is 0 Å². The predicted molar refractivity (Wildman–Crippen MR) is 65.8 cm³/mol. The highest BCUT2D eigenvalue weighted by atomic mass is 16.3. The summed E-state index contributed by atoms with van der Waals surface area (Å²) in [4.78, 5) is 2.50. The topological polar surface area (TPSA) is 23.5 Å². The maximum atomic E-state index is 9.89. The summed E-state index contributed by atoms with van der Waals surface area (Å²) >= 11 is 0. The normalized spacial score (nSPS) is 24.6. The number of piperidine rings is 1. The van der Waals surface area contributed by atoms with Crippen LogP contribution in [0, 0.1) is 0 Å². The van der Waals surface area contributed by atoms with Crippen LogP contribution in [-0.4, -0.2) is 18.2 Å². The first-order valence-electron chi connectivity index (χ1n) is 6.41. The van der Waals surface area contributed by atoms with E-state index in [0.29, 0.717) is 0 Å². The molecule has 0 aromatic heterocycles. The fraction of sp³-hybridized carbons (Fsp3) is 0.571. The molecule has 0 spiro atoms. The van der Waals surface area contributed by atoms with E-state index in [1.165, 1.54) is 49.2 Å². The van der Waals surface area contributed by atoms with E-state index in [2.05, 4.69) is 23.1 Å². The average molecular weight is 217 g/mol. The lowest BCUT2D eigenvalue weighted by Crippen LogP contribution is -2.30. The summed E-state index contributed by atoms with van der Waals surface area (Å²) in [6, 6.07) is 6.40. The first-order chi connectivity index (χ1) is 7.86. The van der Waals surface area contributed by atoms with Gasteiger partial charge in [-0.15, -0.1) is 0 Å². The molecular formula is C14H19NO. The number of nitrogens with zero attached hydrogens (tertiary/aromatic N) is 1. The summed E-state index contributed by atoms with van der Waals surface area (Å²) in [5.74, 6) is 0. The predicted octanol–water partition coefficient (Wildman–Crippen LogP) is 2.66. The zero-order valence-electron chi connectivity index (χ0n) is 9.65. The molecule has 0 radical (unpaired) electrons. The monoisotopic (exact) mass is 217 g/mol. The smallest absolute Gasteiger partial charge is 0.0796 e. The Hall–Kier alpha value is -1.02. The Morgan fingerprint density at radius 1 is 1.12 bits per heavy atom. The van der Waals surface area contributed by atoms with Gasteiger partial charge in [0, 0.05) is 18.8 Å². The number of hydrogen-bond acceptors (Lipinski definition) is 2. The van der Waals surface area contributed by atoms with Crippen molar-refractivity contribution < 1.29 is 5.11 Å². The molecular weight excluding hydrogens is 198 g/mol. The first kappa shape index (κ1) is 10.2. The summed E-state index contributed by atoms with van der Waals surface area (Å²) < 4.78 is 0. The molecule has 16 heavy (non-hydrogen) atoms. The zero-order valence-corrected chi connectivity index (χ0v) is 9.65. The Bertz CT molecular complexity index is 382. The summed E-state index contributed by atoms with van der Waals surface area (Å²) in [6.45, 7) is 2.37. The summed E-state index contributed by atoms with van der Waals surface area (Å²) in [6.07, 6.45) is 5.72. The number of rotatable bonds is 1. The molecule has 2 nitrogen and oxygen atoms in total. The molecule has 1 aliphatic heterocycles. The molecule has 1 saturated heterocycles. The maximum absolute atomic E-state index is 9.89. The molecule has 1 aliphatic carbocycles. The number of aliphatic hydroxyl groups excluding tert-OH is 1.